The average Bonchev–Trinajstić information content (AvgIpc) is 3.83. The molecule has 3 nitrogen and oxygen atoms in total. The Kier molecular flexibility index (Phi) is 6.11. The molecule has 0 radical (unpaired) electrons. The predicted octanol–water partition coefficient (Wildman–Crippen LogP) is 12.6. The molecule has 0 N–H and O–H groups in total. The zero-order valence-corrected chi connectivity index (χ0v) is 29.9. The summed E-state index contributed by atoms with van der Waals surface area (Å²) in [4.78, 5) is 2.46. The highest BCUT2D eigenvalue weighted by Crippen LogP contribution is 2.49. The second-order valence-electron chi connectivity index (χ2n) is 14.4. The molecule has 3 heterocycles. The van der Waals surface area contributed by atoms with Gasteiger partial charge in [0.2, 0.25) is 0 Å². The third kappa shape index (κ3) is 4.07. The summed E-state index contributed by atoms with van der Waals surface area (Å²) in [6, 6.07) is 59.0. The minimum atomic E-state index is -2.10. The van der Waals surface area contributed by atoms with E-state index in [0.29, 0.717) is 0 Å². The van der Waals surface area contributed by atoms with Crippen LogP contribution in [0.1, 0.15) is 0 Å². The topological polar surface area (TPSA) is 29.5 Å². The molecule has 0 unspecified atom stereocenters. The van der Waals surface area contributed by atoms with Gasteiger partial charge < -0.3 is 13.7 Å². The van der Waals surface area contributed by atoms with Crippen LogP contribution in [0.2, 0.25) is 13.1 Å². The SMILES string of the molecule is C[Si]1(C)c2cccc(N(c3ccc(-c4cccc5ccccc45)cc3)c3cccc4oc5ccccc5c34)c2-c2c1ccc1c2oc2ccccc21. The van der Waals surface area contributed by atoms with Gasteiger partial charge in [-0.3, -0.25) is 0 Å². The summed E-state index contributed by atoms with van der Waals surface area (Å²) in [6.07, 6.45) is 0. The lowest BCUT2D eigenvalue weighted by molar-refractivity contribution is 0.669. The van der Waals surface area contributed by atoms with Gasteiger partial charge in [-0.25, -0.2) is 0 Å². The van der Waals surface area contributed by atoms with Gasteiger partial charge in [0, 0.05) is 33.0 Å². The molecule has 0 fully saturated rings. The Morgan fingerprint density at radius 2 is 1.08 bits per heavy atom. The van der Waals surface area contributed by atoms with E-state index < -0.39 is 8.07 Å². The summed E-state index contributed by atoms with van der Waals surface area (Å²) < 4.78 is 13.3. The fourth-order valence-electron chi connectivity index (χ4n) is 8.83. The van der Waals surface area contributed by atoms with E-state index in [9.17, 15) is 0 Å². The van der Waals surface area contributed by atoms with Gasteiger partial charge in [0.1, 0.15) is 30.4 Å². The Morgan fingerprint density at radius 3 is 1.92 bits per heavy atom. The zero-order valence-electron chi connectivity index (χ0n) is 28.9. The molecule has 0 bridgehead atoms. The molecule has 4 heteroatoms. The van der Waals surface area contributed by atoms with Crippen LogP contribution in [0.4, 0.5) is 17.1 Å². The summed E-state index contributed by atoms with van der Waals surface area (Å²) >= 11 is 0. The normalized spacial score (nSPS) is 13.3. The van der Waals surface area contributed by atoms with Crippen LogP contribution in [-0.2, 0) is 0 Å². The quantitative estimate of drug-likeness (QED) is 0.173. The molecule has 2 aromatic heterocycles. The Bertz CT molecular complexity index is 3050. The van der Waals surface area contributed by atoms with E-state index in [1.807, 2.05) is 6.07 Å². The first-order valence-electron chi connectivity index (χ1n) is 17.9. The second kappa shape index (κ2) is 10.8. The van der Waals surface area contributed by atoms with Crippen molar-refractivity contribution < 1.29 is 8.83 Å². The highest BCUT2D eigenvalue weighted by Gasteiger charge is 2.42. The number of anilines is 3. The van der Waals surface area contributed by atoms with Gasteiger partial charge >= 0.3 is 0 Å². The molecule has 0 amide bonds. The van der Waals surface area contributed by atoms with Crippen molar-refractivity contribution in [2.75, 3.05) is 4.90 Å². The van der Waals surface area contributed by atoms with E-state index in [0.717, 1.165) is 60.9 Å². The highest BCUT2D eigenvalue weighted by atomic mass is 28.3. The molecule has 0 saturated heterocycles. The molecule has 1 aliphatic rings. The van der Waals surface area contributed by atoms with E-state index in [1.165, 1.54) is 43.4 Å². The zero-order chi connectivity index (χ0) is 34.6. The summed E-state index contributed by atoms with van der Waals surface area (Å²) in [5, 5.41) is 9.86. The molecule has 11 rings (SSSR count). The van der Waals surface area contributed by atoms with Crippen LogP contribution in [0.25, 0.3) is 76.9 Å². The molecule has 0 saturated carbocycles. The van der Waals surface area contributed by atoms with Gasteiger partial charge in [-0.1, -0.05) is 134 Å². The number of para-hydroxylation sites is 2. The predicted molar refractivity (Wildman–Crippen MR) is 221 cm³/mol. The number of rotatable bonds is 4. The van der Waals surface area contributed by atoms with Gasteiger partial charge in [-0.15, -0.1) is 0 Å². The minimum absolute atomic E-state index is 0.874. The maximum Gasteiger partial charge on any atom is 0.143 e. The van der Waals surface area contributed by atoms with Gasteiger partial charge in [-0.05, 0) is 74.7 Å². The maximum absolute atomic E-state index is 6.80. The Labute approximate surface area is 302 Å². The Hall–Kier alpha value is -6.36. The van der Waals surface area contributed by atoms with E-state index in [4.69, 9.17) is 8.83 Å². The lowest BCUT2D eigenvalue weighted by Gasteiger charge is -2.29. The van der Waals surface area contributed by atoms with Crippen molar-refractivity contribution in [2.45, 2.75) is 13.1 Å². The van der Waals surface area contributed by atoms with E-state index >= 15 is 0 Å². The molecule has 10 aromatic rings. The first-order valence-corrected chi connectivity index (χ1v) is 20.9. The molecule has 1 aliphatic heterocycles. The van der Waals surface area contributed by atoms with Crippen molar-refractivity contribution in [1.29, 1.82) is 0 Å². The van der Waals surface area contributed by atoms with Crippen molar-refractivity contribution in [3.8, 4) is 22.3 Å². The first-order chi connectivity index (χ1) is 25.6. The smallest absolute Gasteiger partial charge is 0.143 e. The van der Waals surface area contributed by atoms with Crippen molar-refractivity contribution >= 4 is 90.2 Å². The molecule has 0 spiro atoms. The van der Waals surface area contributed by atoms with E-state index in [2.05, 4.69) is 176 Å². The minimum Gasteiger partial charge on any atom is -0.456 e. The fraction of sp³-hybridized carbons (Fsp3) is 0.0417. The number of hydrogen-bond donors (Lipinski definition) is 0. The molecule has 0 atom stereocenters. The summed E-state index contributed by atoms with van der Waals surface area (Å²) in [6.45, 7) is 4.95. The third-order valence-corrected chi connectivity index (χ3v) is 14.8. The largest absolute Gasteiger partial charge is 0.456 e. The van der Waals surface area contributed by atoms with Crippen molar-refractivity contribution in [3.63, 3.8) is 0 Å². The molecule has 0 aliphatic carbocycles. The van der Waals surface area contributed by atoms with Crippen molar-refractivity contribution in [1.82, 2.24) is 0 Å². The van der Waals surface area contributed by atoms with Gasteiger partial charge in [-0.2, -0.15) is 0 Å². The number of benzene rings is 8. The van der Waals surface area contributed by atoms with E-state index in [-0.39, 0.29) is 0 Å². The second-order valence-corrected chi connectivity index (χ2v) is 18.8. The molecular weight excluding hydrogens is 651 g/mol. The summed E-state index contributed by atoms with van der Waals surface area (Å²) in [7, 11) is -2.10. The lowest BCUT2D eigenvalue weighted by atomic mass is 9.97. The number of fused-ring (bicyclic) bond motifs is 11. The Morgan fingerprint density at radius 1 is 0.442 bits per heavy atom. The monoisotopic (exact) mass is 683 g/mol. The molecule has 8 aromatic carbocycles. The maximum atomic E-state index is 6.80. The number of nitrogens with zero attached hydrogens (tertiary/aromatic N) is 1. The van der Waals surface area contributed by atoms with Crippen LogP contribution in [0, 0.1) is 0 Å². The fourth-order valence-corrected chi connectivity index (χ4v) is 11.9. The molecular formula is C48H33NO2Si. The van der Waals surface area contributed by atoms with Crippen molar-refractivity contribution in [2.24, 2.45) is 0 Å². The van der Waals surface area contributed by atoms with Crippen LogP contribution >= 0.6 is 0 Å². The van der Waals surface area contributed by atoms with Gasteiger partial charge in [0.15, 0.2) is 0 Å². The van der Waals surface area contributed by atoms with Crippen LogP contribution < -0.4 is 15.3 Å². The number of hydrogen-bond acceptors (Lipinski definition) is 3. The first kappa shape index (κ1) is 29.4. The average molecular weight is 684 g/mol. The Balaban J connectivity index is 1.21. The number of furan rings is 2. The van der Waals surface area contributed by atoms with Crippen LogP contribution in [0.3, 0.4) is 0 Å². The molecule has 246 valence electrons. The van der Waals surface area contributed by atoms with Crippen LogP contribution in [0.5, 0.6) is 0 Å². The summed E-state index contributed by atoms with van der Waals surface area (Å²) in [5.41, 5.74) is 11.9. The van der Waals surface area contributed by atoms with E-state index in [1.54, 1.807) is 0 Å². The third-order valence-electron chi connectivity index (χ3n) is 11.3. The van der Waals surface area contributed by atoms with Crippen LogP contribution in [-0.4, -0.2) is 8.07 Å². The summed E-state index contributed by atoms with van der Waals surface area (Å²) in [5.74, 6) is 0. The van der Waals surface area contributed by atoms with Crippen LogP contribution in [0.15, 0.2) is 173 Å². The highest BCUT2D eigenvalue weighted by molar-refractivity contribution is 7.04. The van der Waals surface area contributed by atoms with Gasteiger partial charge in [0.25, 0.3) is 0 Å². The van der Waals surface area contributed by atoms with Gasteiger partial charge in [0.05, 0.1) is 16.8 Å². The van der Waals surface area contributed by atoms with Crippen molar-refractivity contribution in [3.05, 3.63) is 164 Å². The lowest BCUT2D eigenvalue weighted by Crippen LogP contribution is -2.49. The molecule has 52 heavy (non-hydrogen) atoms. The standard InChI is InChI=1S/C48H33NO2Si/c1-52(2)43-23-11-19-39(46(43)47-44(52)29-28-36-35-15-5-7-20-40(35)51-48(36)47)49(38-18-10-22-42-45(38)37-16-6-8-21-41(37)50-42)32-26-24-31(25-27-32)34-17-9-13-30-12-3-4-14-33(30)34/h3-29H,1-2H3.